The Morgan fingerprint density at radius 2 is 1.90 bits per heavy atom. The molecule has 1 aromatic carbocycles. The van der Waals surface area contributed by atoms with E-state index in [-0.39, 0.29) is 5.91 Å². The van der Waals surface area contributed by atoms with Gasteiger partial charge < -0.3 is 19.5 Å². The van der Waals surface area contributed by atoms with Crippen LogP contribution in [0.5, 0.6) is 0 Å². The second kappa shape index (κ2) is 8.58. The van der Waals surface area contributed by atoms with E-state index < -0.39 is 0 Å². The van der Waals surface area contributed by atoms with Crippen molar-refractivity contribution < 1.29 is 9.53 Å². The van der Waals surface area contributed by atoms with E-state index in [0.29, 0.717) is 11.5 Å². The van der Waals surface area contributed by atoms with Crippen molar-refractivity contribution in [3.63, 3.8) is 0 Å². The highest BCUT2D eigenvalue weighted by atomic mass is 16.5. The summed E-state index contributed by atoms with van der Waals surface area (Å²) in [5, 5.41) is 0.855. The molecule has 1 amide bonds. The first-order chi connectivity index (χ1) is 14.4. The fraction of sp³-hybridized carbons (Fsp3) is 0.417. The molecule has 4 rings (SSSR count). The van der Waals surface area contributed by atoms with Crippen molar-refractivity contribution >= 4 is 16.9 Å². The maximum Gasteiger partial charge on any atom is 0.255 e. The van der Waals surface area contributed by atoms with Gasteiger partial charge in [-0.1, -0.05) is 12.1 Å². The average Bonchev–Trinajstić information content (AvgIpc) is 3.16. The predicted molar refractivity (Wildman–Crippen MR) is 120 cm³/mol. The number of aromatic nitrogens is 2. The lowest BCUT2D eigenvalue weighted by Crippen LogP contribution is -2.21. The molecule has 0 spiro atoms. The fourth-order valence-electron chi connectivity index (χ4n) is 4.25. The lowest BCUT2D eigenvalue weighted by molar-refractivity contribution is 0.0829. The molecule has 0 aliphatic carbocycles. The summed E-state index contributed by atoms with van der Waals surface area (Å²) in [5.74, 6) is 0.528. The first-order valence-corrected chi connectivity index (χ1v) is 10.5. The molecule has 3 aromatic rings. The Kier molecular flexibility index (Phi) is 5.88. The summed E-state index contributed by atoms with van der Waals surface area (Å²) in [6.45, 7) is 2.57. The van der Waals surface area contributed by atoms with E-state index in [2.05, 4.69) is 53.2 Å². The minimum Gasteiger partial charge on any atom is -0.381 e. The zero-order chi connectivity index (χ0) is 21.3. The highest BCUT2D eigenvalue weighted by Crippen LogP contribution is 2.33. The number of pyridine rings is 1. The van der Waals surface area contributed by atoms with Crippen LogP contribution in [0.4, 0.5) is 0 Å². The van der Waals surface area contributed by atoms with Crippen LogP contribution in [0.1, 0.15) is 40.2 Å². The number of hydrogen-bond acceptors (Lipinski definition) is 4. The summed E-state index contributed by atoms with van der Waals surface area (Å²) < 4.78 is 5.56. The molecule has 158 valence electrons. The Morgan fingerprint density at radius 1 is 1.13 bits per heavy atom. The average molecular weight is 407 g/mol. The summed E-state index contributed by atoms with van der Waals surface area (Å²) in [4.78, 5) is 24.0. The fourth-order valence-corrected chi connectivity index (χ4v) is 4.25. The van der Waals surface area contributed by atoms with Gasteiger partial charge in [-0.25, -0.2) is 4.98 Å². The zero-order valence-electron chi connectivity index (χ0n) is 18.2. The van der Waals surface area contributed by atoms with Crippen LogP contribution in [0.2, 0.25) is 0 Å². The van der Waals surface area contributed by atoms with E-state index in [1.54, 1.807) is 25.2 Å². The Labute approximate surface area is 177 Å². The van der Waals surface area contributed by atoms with Crippen LogP contribution in [0.25, 0.3) is 22.2 Å². The Morgan fingerprint density at radius 3 is 2.60 bits per heavy atom. The number of hydrogen-bond donors (Lipinski definition) is 1. The third-order valence-corrected chi connectivity index (χ3v) is 5.79. The molecule has 6 heteroatoms. The van der Waals surface area contributed by atoms with E-state index >= 15 is 0 Å². The van der Waals surface area contributed by atoms with Crippen LogP contribution in [0, 0.1) is 0 Å². The standard InChI is InChI=1S/C24H30N4O2/c1-27(2)15-19-11-17(5-6-20(19)16-7-9-30-10-8-16)18-12-21-22(24(29)28(3)4)14-26-23(21)25-13-18/h5-6,11-14,16H,7-10,15H2,1-4H3,(H,25,26). The van der Waals surface area contributed by atoms with E-state index in [9.17, 15) is 4.79 Å². The number of rotatable bonds is 5. The Hall–Kier alpha value is -2.70. The molecule has 30 heavy (non-hydrogen) atoms. The highest BCUT2D eigenvalue weighted by Gasteiger charge is 2.20. The largest absolute Gasteiger partial charge is 0.381 e. The van der Waals surface area contributed by atoms with Crippen molar-refractivity contribution in [2.45, 2.75) is 25.3 Å². The molecular weight excluding hydrogens is 376 g/mol. The van der Waals surface area contributed by atoms with Gasteiger partial charge in [-0.3, -0.25) is 4.79 Å². The van der Waals surface area contributed by atoms with Gasteiger partial charge in [0.15, 0.2) is 0 Å². The number of carbonyl (C=O) groups excluding carboxylic acids is 1. The molecule has 1 fully saturated rings. The molecule has 2 aromatic heterocycles. The van der Waals surface area contributed by atoms with Gasteiger partial charge in [0.05, 0.1) is 5.56 Å². The van der Waals surface area contributed by atoms with Crippen molar-refractivity contribution in [2.24, 2.45) is 0 Å². The second-order valence-corrected chi connectivity index (χ2v) is 8.56. The summed E-state index contributed by atoms with van der Waals surface area (Å²) in [5.41, 5.74) is 6.31. The number of fused-ring (bicyclic) bond motifs is 1. The molecule has 1 aliphatic heterocycles. The number of ether oxygens (including phenoxy) is 1. The van der Waals surface area contributed by atoms with E-state index in [1.165, 1.54) is 11.1 Å². The van der Waals surface area contributed by atoms with Gasteiger partial charge in [0.25, 0.3) is 5.91 Å². The minimum absolute atomic E-state index is 0.0247. The first-order valence-electron chi connectivity index (χ1n) is 10.5. The normalized spacial score (nSPS) is 15.1. The van der Waals surface area contributed by atoms with Gasteiger partial charge in [-0.2, -0.15) is 0 Å². The summed E-state index contributed by atoms with van der Waals surface area (Å²) >= 11 is 0. The van der Waals surface area contributed by atoms with Gasteiger partial charge in [0.1, 0.15) is 5.65 Å². The van der Waals surface area contributed by atoms with Crippen molar-refractivity contribution in [1.82, 2.24) is 19.8 Å². The molecule has 0 unspecified atom stereocenters. The lowest BCUT2D eigenvalue weighted by Gasteiger charge is -2.26. The van der Waals surface area contributed by atoms with E-state index in [4.69, 9.17) is 4.74 Å². The van der Waals surface area contributed by atoms with Crippen LogP contribution < -0.4 is 0 Å². The molecule has 0 atom stereocenters. The molecule has 0 bridgehead atoms. The first kappa shape index (κ1) is 20.6. The van der Waals surface area contributed by atoms with Crippen molar-refractivity contribution in [3.8, 4) is 11.1 Å². The van der Waals surface area contributed by atoms with Crippen LogP contribution >= 0.6 is 0 Å². The number of amides is 1. The third kappa shape index (κ3) is 4.11. The monoisotopic (exact) mass is 406 g/mol. The smallest absolute Gasteiger partial charge is 0.255 e. The van der Waals surface area contributed by atoms with Gasteiger partial charge in [0.2, 0.25) is 0 Å². The maximum atomic E-state index is 12.5. The number of aromatic amines is 1. The topological polar surface area (TPSA) is 61.5 Å². The SMILES string of the molecule is CN(C)Cc1cc(-c2cnc3[nH]cc(C(=O)N(C)C)c3c2)ccc1C1CCOCC1. The van der Waals surface area contributed by atoms with Crippen LogP contribution in [0.15, 0.2) is 36.7 Å². The second-order valence-electron chi connectivity index (χ2n) is 8.56. The minimum atomic E-state index is -0.0247. The van der Waals surface area contributed by atoms with Crippen molar-refractivity contribution in [2.75, 3.05) is 41.4 Å². The van der Waals surface area contributed by atoms with Crippen LogP contribution in [-0.4, -0.2) is 67.1 Å². The molecular formula is C24H30N4O2. The number of H-pyrrole nitrogens is 1. The zero-order valence-corrected chi connectivity index (χ0v) is 18.2. The van der Waals surface area contributed by atoms with Gasteiger partial charge in [-0.15, -0.1) is 0 Å². The maximum absolute atomic E-state index is 12.5. The third-order valence-electron chi connectivity index (χ3n) is 5.79. The number of nitrogens with one attached hydrogen (secondary N) is 1. The van der Waals surface area contributed by atoms with Crippen molar-refractivity contribution in [1.29, 1.82) is 0 Å². The van der Waals surface area contributed by atoms with Gasteiger partial charge in [0, 0.05) is 57.2 Å². The number of benzene rings is 1. The molecule has 6 nitrogen and oxygen atoms in total. The lowest BCUT2D eigenvalue weighted by atomic mass is 9.86. The molecule has 3 heterocycles. The molecule has 1 aliphatic rings. The number of carbonyl (C=O) groups is 1. The molecule has 1 N–H and O–H groups in total. The molecule has 1 saturated heterocycles. The van der Waals surface area contributed by atoms with Gasteiger partial charge in [-0.05, 0) is 61.7 Å². The van der Waals surface area contributed by atoms with Crippen molar-refractivity contribution in [3.05, 3.63) is 53.3 Å². The number of nitrogens with zero attached hydrogens (tertiary/aromatic N) is 3. The van der Waals surface area contributed by atoms with Crippen LogP contribution in [-0.2, 0) is 11.3 Å². The summed E-state index contributed by atoms with van der Waals surface area (Å²) in [7, 11) is 7.74. The summed E-state index contributed by atoms with van der Waals surface area (Å²) in [6.07, 6.45) is 5.78. The molecule has 0 saturated carbocycles. The summed E-state index contributed by atoms with van der Waals surface area (Å²) in [6, 6.07) is 8.82. The Bertz CT molecular complexity index is 1050. The highest BCUT2D eigenvalue weighted by molar-refractivity contribution is 6.06. The van der Waals surface area contributed by atoms with Gasteiger partial charge >= 0.3 is 0 Å². The quantitative estimate of drug-likeness (QED) is 0.698. The van der Waals surface area contributed by atoms with E-state index in [1.807, 2.05) is 6.20 Å². The van der Waals surface area contributed by atoms with Crippen LogP contribution in [0.3, 0.4) is 0 Å². The van der Waals surface area contributed by atoms with E-state index in [0.717, 1.165) is 54.8 Å². The predicted octanol–water partition coefficient (Wildman–Crippen LogP) is 3.89. The molecule has 0 radical (unpaired) electrons. The Balaban J connectivity index is 1.75.